The molecule has 21 heavy (non-hydrogen) atoms. The maximum atomic E-state index is 6.07. The summed E-state index contributed by atoms with van der Waals surface area (Å²) >= 11 is 12.0. The van der Waals surface area contributed by atoms with E-state index in [0.717, 1.165) is 30.9 Å². The fraction of sp³-hybridized carbons (Fsp3) is 0.294. The Labute approximate surface area is 135 Å². The minimum Gasteiger partial charge on any atom is -0.493 e. The van der Waals surface area contributed by atoms with Crippen LogP contribution in [0.3, 0.4) is 0 Å². The summed E-state index contributed by atoms with van der Waals surface area (Å²) in [5, 5.41) is 4.66. The Kier molecular flexibility index (Phi) is 4.27. The van der Waals surface area contributed by atoms with Crippen molar-refractivity contribution in [3.05, 3.63) is 57.6 Å². The van der Waals surface area contributed by atoms with Crippen LogP contribution in [-0.2, 0) is 6.42 Å². The number of hydrogen-bond acceptors (Lipinski definition) is 2. The van der Waals surface area contributed by atoms with Crippen molar-refractivity contribution in [1.29, 1.82) is 0 Å². The number of anilines is 1. The second-order valence-corrected chi connectivity index (χ2v) is 6.01. The predicted octanol–water partition coefficient (Wildman–Crippen LogP) is 5.49. The summed E-state index contributed by atoms with van der Waals surface area (Å²) in [5.41, 5.74) is 3.54. The first-order chi connectivity index (χ1) is 10.2. The van der Waals surface area contributed by atoms with Crippen LogP contribution in [0.4, 0.5) is 5.69 Å². The molecule has 3 rings (SSSR count). The third-order valence-corrected chi connectivity index (χ3v) is 4.52. The highest BCUT2D eigenvalue weighted by Crippen LogP contribution is 2.32. The molecule has 0 bridgehead atoms. The summed E-state index contributed by atoms with van der Waals surface area (Å²) < 4.78 is 5.56. The first kappa shape index (κ1) is 14.6. The summed E-state index contributed by atoms with van der Waals surface area (Å²) in [6.07, 6.45) is 1.98. The van der Waals surface area contributed by atoms with Crippen molar-refractivity contribution >= 4 is 28.9 Å². The van der Waals surface area contributed by atoms with Crippen molar-refractivity contribution in [2.75, 3.05) is 11.9 Å². The van der Waals surface area contributed by atoms with Crippen molar-refractivity contribution in [3.63, 3.8) is 0 Å². The maximum absolute atomic E-state index is 6.07. The fourth-order valence-electron chi connectivity index (χ4n) is 2.63. The van der Waals surface area contributed by atoms with E-state index in [0.29, 0.717) is 10.0 Å². The van der Waals surface area contributed by atoms with E-state index >= 15 is 0 Å². The Balaban J connectivity index is 1.83. The smallest absolute Gasteiger partial charge is 0.122 e. The van der Waals surface area contributed by atoms with Gasteiger partial charge in [0.15, 0.2) is 0 Å². The third kappa shape index (κ3) is 3.12. The lowest BCUT2D eigenvalue weighted by Crippen LogP contribution is -2.09. The molecule has 1 aliphatic heterocycles. The topological polar surface area (TPSA) is 21.3 Å². The van der Waals surface area contributed by atoms with Gasteiger partial charge in [-0.3, -0.25) is 0 Å². The van der Waals surface area contributed by atoms with E-state index in [2.05, 4.69) is 30.4 Å². The Bertz CT molecular complexity index is 657. The van der Waals surface area contributed by atoms with E-state index in [1.165, 1.54) is 11.1 Å². The SMILES string of the molecule is CCC(Nc1ccc(Cl)c(Cl)c1)c1ccc2c(c1)CCO2. The van der Waals surface area contributed by atoms with Crippen LogP contribution in [-0.4, -0.2) is 6.61 Å². The number of hydrogen-bond donors (Lipinski definition) is 1. The molecule has 0 aliphatic carbocycles. The Morgan fingerprint density at radius 1 is 1.14 bits per heavy atom. The van der Waals surface area contributed by atoms with Gasteiger partial charge in [-0.25, -0.2) is 0 Å². The summed E-state index contributed by atoms with van der Waals surface area (Å²) in [4.78, 5) is 0. The van der Waals surface area contributed by atoms with Gasteiger partial charge in [-0.2, -0.15) is 0 Å². The van der Waals surface area contributed by atoms with Gasteiger partial charge in [0.1, 0.15) is 5.75 Å². The molecule has 2 nitrogen and oxygen atoms in total. The van der Waals surface area contributed by atoms with Crippen LogP contribution in [0.25, 0.3) is 0 Å². The second-order valence-electron chi connectivity index (χ2n) is 5.20. The van der Waals surface area contributed by atoms with Gasteiger partial charge in [-0.15, -0.1) is 0 Å². The highest BCUT2D eigenvalue weighted by Gasteiger charge is 2.16. The quantitative estimate of drug-likeness (QED) is 0.803. The van der Waals surface area contributed by atoms with E-state index in [1.807, 2.05) is 18.2 Å². The molecule has 110 valence electrons. The minimum atomic E-state index is 0.244. The molecule has 2 aromatic carbocycles. The minimum absolute atomic E-state index is 0.244. The van der Waals surface area contributed by atoms with Crippen LogP contribution in [0.15, 0.2) is 36.4 Å². The van der Waals surface area contributed by atoms with Gasteiger partial charge in [0.05, 0.1) is 22.7 Å². The average Bonchev–Trinajstić information content (AvgIpc) is 2.95. The van der Waals surface area contributed by atoms with Gasteiger partial charge >= 0.3 is 0 Å². The first-order valence-corrected chi connectivity index (χ1v) is 7.90. The molecule has 1 unspecified atom stereocenters. The van der Waals surface area contributed by atoms with Gasteiger partial charge in [0.2, 0.25) is 0 Å². The van der Waals surface area contributed by atoms with E-state index in [4.69, 9.17) is 27.9 Å². The third-order valence-electron chi connectivity index (χ3n) is 3.78. The molecule has 2 aromatic rings. The van der Waals surface area contributed by atoms with Crippen LogP contribution in [0, 0.1) is 0 Å². The lowest BCUT2D eigenvalue weighted by molar-refractivity contribution is 0.357. The van der Waals surface area contributed by atoms with E-state index in [9.17, 15) is 0 Å². The lowest BCUT2D eigenvalue weighted by atomic mass is 10.0. The molecule has 0 amide bonds. The van der Waals surface area contributed by atoms with Gasteiger partial charge in [-0.1, -0.05) is 36.2 Å². The highest BCUT2D eigenvalue weighted by molar-refractivity contribution is 6.42. The zero-order valence-corrected chi connectivity index (χ0v) is 13.3. The van der Waals surface area contributed by atoms with Gasteiger partial charge in [-0.05, 0) is 47.9 Å². The number of fused-ring (bicyclic) bond motifs is 1. The fourth-order valence-corrected chi connectivity index (χ4v) is 2.93. The molecule has 1 N–H and O–H groups in total. The van der Waals surface area contributed by atoms with Crippen molar-refractivity contribution in [3.8, 4) is 5.75 Å². The monoisotopic (exact) mass is 321 g/mol. The molecule has 1 aliphatic rings. The molecule has 0 spiro atoms. The number of ether oxygens (including phenoxy) is 1. The van der Waals surface area contributed by atoms with Crippen molar-refractivity contribution in [2.45, 2.75) is 25.8 Å². The summed E-state index contributed by atoms with van der Waals surface area (Å²) in [6.45, 7) is 2.95. The predicted molar refractivity (Wildman–Crippen MR) is 88.8 cm³/mol. The van der Waals surface area contributed by atoms with Crippen LogP contribution in [0.1, 0.15) is 30.5 Å². The standard InChI is InChI=1S/C17H17Cl2NO/c1-2-16(20-13-4-5-14(18)15(19)10-13)11-3-6-17-12(9-11)7-8-21-17/h3-6,9-10,16,20H,2,7-8H2,1H3. The second kappa shape index (κ2) is 6.17. The Morgan fingerprint density at radius 3 is 2.76 bits per heavy atom. The van der Waals surface area contributed by atoms with Crippen LogP contribution < -0.4 is 10.1 Å². The summed E-state index contributed by atoms with van der Waals surface area (Å²) in [5.74, 6) is 1.02. The lowest BCUT2D eigenvalue weighted by Gasteiger charge is -2.20. The largest absolute Gasteiger partial charge is 0.493 e. The molecule has 0 fully saturated rings. The molecule has 0 saturated heterocycles. The number of rotatable bonds is 4. The van der Waals surface area contributed by atoms with Crippen LogP contribution in [0.2, 0.25) is 10.0 Å². The van der Waals surface area contributed by atoms with Crippen molar-refractivity contribution in [1.82, 2.24) is 0 Å². The van der Waals surface area contributed by atoms with Gasteiger partial charge in [0, 0.05) is 12.1 Å². The van der Waals surface area contributed by atoms with Crippen molar-refractivity contribution < 1.29 is 4.74 Å². The zero-order valence-electron chi connectivity index (χ0n) is 11.8. The molecule has 1 heterocycles. The maximum Gasteiger partial charge on any atom is 0.122 e. The summed E-state index contributed by atoms with van der Waals surface area (Å²) in [6, 6.07) is 12.3. The molecule has 0 radical (unpaired) electrons. The molecule has 0 aromatic heterocycles. The summed E-state index contributed by atoms with van der Waals surface area (Å²) in [7, 11) is 0. The van der Waals surface area contributed by atoms with E-state index in [1.54, 1.807) is 0 Å². The molecular weight excluding hydrogens is 305 g/mol. The molecule has 1 atom stereocenters. The average molecular weight is 322 g/mol. The van der Waals surface area contributed by atoms with Gasteiger partial charge in [0.25, 0.3) is 0 Å². The number of nitrogens with one attached hydrogen (secondary N) is 1. The Morgan fingerprint density at radius 2 is 2.00 bits per heavy atom. The highest BCUT2D eigenvalue weighted by atomic mass is 35.5. The number of benzene rings is 2. The van der Waals surface area contributed by atoms with E-state index in [-0.39, 0.29) is 6.04 Å². The van der Waals surface area contributed by atoms with E-state index < -0.39 is 0 Å². The first-order valence-electron chi connectivity index (χ1n) is 7.14. The molecule has 4 heteroatoms. The molecule has 0 saturated carbocycles. The van der Waals surface area contributed by atoms with Crippen LogP contribution in [0.5, 0.6) is 5.75 Å². The number of halogens is 2. The Hall–Kier alpha value is -1.38. The van der Waals surface area contributed by atoms with Crippen LogP contribution >= 0.6 is 23.2 Å². The van der Waals surface area contributed by atoms with Crippen molar-refractivity contribution in [2.24, 2.45) is 0 Å². The normalized spacial score (nSPS) is 14.4. The zero-order chi connectivity index (χ0) is 14.8. The van der Waals surface area contributed by atoms with Gasteiger partial charge < -0.3 is 10.1 Å². The molecular formula is C17H17Cl2NO.